The summed E-state index contributed by atoms with van der Waals surface area (Å²) in [5.41, 5.74) is 0. The zero-order valence-corrected chi connectivity index (χ0v) is 29.3. The lowest BCUT2D eigenvalue weighted by molar-refractivity contribution is -0.161. The fourth-order valence-electron chi connectivity index (χ4n) is 4.50. The average Bonchev–Trinajstić information content (AvgIpc) is 3.06. The molecule has 1 unspecified atom stereocenters. The van der Waals surface area contributed by atoms with Gasteiger partial charge in [-0.3, -0.25) is 9.59 Å². The van der Waals surface area contributed by atoms with Crippen LogP contribution in [0.15, 0.2) is 85.1 Å². The first-order valence-corrected chi connectivity index (χ1v) is 18.1. The van der Waals surface area contributed by atoms with E-state index in [4.69, 9.17) is 9.47 Å². The highest BCUT2D eigenvalue weighted by atomic mass is 16.6. The van der Waals surface area contributed by atoms with Gasteiger partial charge in [-0.2, -0.15) is 0 Å². The minimum absolute atomic E-state index is 0.0904. The predicted molar refractivity (Wildman–Crippen MR) is 196 cm³/mol. The number of unbranched alkanes of at least 4 members (excludes halogenated alkanes) is 9. The molecule has 0 bridgehead atoms. The SMILES string of the molecule is CC/C=C\C/C=C\C/C=C\C/C=C\CCCCCCC(=O)OC(CO)COC(=O)CCCCCCC/C=C\C/C=C\C/C=C\CC. The van der Waals surface area contributed by atoms with Gasteiger partial charge in [-0.15, -0.1) is 0 Å². The third kappa shape index (κ3) is 34.0. The monoisotopic (exact) mass is 638 g/mol. The summed E-state index contributed by atoms with van der Waals surface area (Å²) in [6.45, 7) is 3.85. The van der Waals surface area contributed by atoms with Crippen LogP contribution in [0.5, 0.6) is 0 Å². The van der Waals surface area contributed by atoms with E-state index in [-0.39, 0.29) is 25.2 Å². The van der Waals surface area contributed by atoms with Crippen molar-refractivity contribution in [2.24, 2.45) is 0 Å². The molecule has 0 fully saturated rings. The Labute approximate surface area is 282 Å². The normalized spacial score (nSPS) is 13.2. The highest BCUT2D eigenvalue weighted by molar-refractivity contribution is 5.70. The van der Waals surface area contributed by atoms with Crippen molar-refractivity contribution in [2.75, 3.05) is 13.2 Å². The second-order valence-corrected chi connectivity index (χ2v) is 11.5. The summed E-state index contributed by atoms with van der Waals surface area (Å²) >= 11 is 0. The van der Waals surface area contributed by atoms with Gasteiger partial charge in [0.2, 0.25) is 0 Å². The van der Waals surface area contributed by atoms with Gasteiger partial charge in [-0.05, 0) is 83.5 Å². The largest absolute Gasteiger partial charge is 0.462 e. The Morgan fingerprint density at radius 3 is 1.30 bits per heavy atom. The van der Waals surface area contributed by atoms with Crippen LogP contribution in [0, 0.1) is 0 Å². The van der Waals surface area contributed by atoms with Crippen LogP contribution in [-0.4, -0.2) is 36.4 Å². The molecule has 260 valence electrons. The Morgan fingerprint density at radius 1 is 0.500 bits per heavy atom. The summed E-state index contributed by atoms with van der Waals surface area (Å²) in [4.78, 5) is 24.2. The van der Waals surface area contributed by atoms with E-state index < -0.39 is 6.10 Å². The van der Waals surface area contributed by atoms with Gasteiger partial charge >= 0.3 is 11.9 Å². The molecule has 46 heavy (non-hydrogen) atoms. The second kappa shape index (κ2) is 36.5. The molecule has 0 amide bonds. The standard InChI is InChI=1S/C41H66O5/c1-3-5-7-9-11-13-15-17-19-20-22-24-26-28-30-32-34-36-41(44)46-39(37-42)38-45-40(43)35-33-31-29-27-25-23-21-18-16-14-12-10-8-6-4-2/h5-8,11-14,17-19,21-22,24,39,42H,3-4,9-10,15-16,20,23,25-38H2,1-2H3/b7-5-,8-6-,13-11-,14-12-,19-17-,21-18-,24-22-. The molecule has 0 aromatic carbocycles. The molecule has 0 saturated heterocycles. The number of hydrogen-bond acceptors (Lipinski definition) is 5. The lowest BCUT2D eigenvalue weighted by Gasteiger charge is -2.15. The van der Waals surface area contributed by atoms with Gasteiger partial charge in [0.25, 0.3) is 0 Å². The Kier molecular flexibility index (Phi) is 34.2. The van der Waals surface area contributed by atoms with E-state index in [9.17, 15) is 14.7 Å². The number of rotatable bonds is 31. The van der Waals surface area contributed by atoms with Gasteiger partial charge in [0, 0.05) is 12.8 Å². The number of ether oxygens (including phenoxy) is 2. The number of hydrogen-bond donors (Lipinski definition) is 1. The smallest absolute Gasteiger partial charge is 0.306 e. The molecule has 0 aliphatic heterocycles. The molecular weight excluding hydrogens is 572 g/mol. The van der Waals surface area contributed by atoms with Crippen molar-refractivity contribution in [2.45, 2.75) is 148 Å². The highest BCUT2D eigenvalue weighted by Gasteiger charge is 2.16. The zero-order chi connectivity index (χ0) is 33.6. The van der Waals surface area contributed by atoms with Gasteiger partial charge in [-0.1, -0.05) is 131 Å². The molecule has 0 spiro atoms. The number of carbonyl (C=O) groups is 2. The molecule has 0 heterocycles. The molecular formula is C41H66O5. The fraction of sp³-hybridized carbons (Fsp3) is 0.610. The van der Waals surface area contributed by atoms with Crippen LogP contribution in [0.3, 0.4) is 0 Å². The van der Waals surface area contributed by atoms with Gasteiger partial charge in [-0.25, -0.2) is 0 Å². The molecule has 5 nitrogen and oxygen atoms in total. The molecule has 0 aliphatic rings. The van der Waals surface area contributed by atoms with Crippen molar-refractivity contribution in [1.29, 1.82) is 0 Å². The number of aliphatic hydroxyl groups excluding tert-OH is 1. The van der Waals surface area contributed by atoms with Gasteiger partial charge in [0.05, 0.1) is 6.61 Å². The topological polar surface area (TPSA) is 72.8 Å². The maximum absolute atomic E-state index is 12.1. The van der Waals surface area contributed by atoms with Crippen molar-refractivity contribution in [3.8, 4) is 0 Å². The van der Waals surface area contributed by atoms with Crippen LogP contribution in [0.2, 0.25) is 0 Å². The lowest BCUT2D eigenvalue weighted by atomic mass is 10.1. The molecule has 1 atom stereocenters. The summed E-state index contributed by atoms with van der Waals surface area (Å²) in [5.74, 6) is -0.649. The van der Waals surface area contributed by atoms with Crippen LogP contribution >= 0.6 is 0 Å². The maximum Gasteiger partial charge on any atom is 0.306 e. The second-order valence-electron chi connectivity index (χ2n) is 11.5. The van der Waals surface area contributed by atoms with Crippen molar-refractivity contribution in [1.82, 2.24) is 0 Å². The van der Waals surface area contributed by atoms with E-state index >= 15 is 0 Å². The zero-order valence-electron chi connectivity index (χ0n) is 29.3. The first kappa shape index (κ1) is 43.1. The molecule has 0 radical (unpaired) electrons. The van der Waals surface area contributed by atoms with E-state index in [2.05, 4.69) is 98.9 Å². The Morgan fingerprint density at radius 2 is 0.870 bits per heavy atom. The Balaban J connectivity index is 3.69. The predicted octanol–water partition coefficient (Wildman–Crippen LogP) is 11.2. The van der Waals surface area contributed by atoms with Crippen LogP contribution in [0.4, 0.5) is 0 Å². The fourth-order valence-corrected chi connectivity index (χ4v) is 4.50. The quantitative estimate of drug-likeness (QED) is 0.0465. The minimum Gasteiger partial charge on any atom is -0.462 e. The van der Waals surface area contributed by atoms with Crippen LogP contribution in [0.1, 0.15) is 142 Å². The molecule has 0 aliphatic carbocycles. The summed E-state index contributed by atoms with van der Waals surface area (Å²) < 4.78 is 10.6. The number of allylic oxidation sites excluding steroid dienone is 14. The maximum atomic E-state index is 12.1. The number of esters is 2. The summed E-state index contributed by atoms with van der Waals surface area (Å²) in [5, 5.41) is 9.53. The number of carbonyl (C=O) groups excluding carboxylic acids is 2. The molecule has 1 N–H and O–H groups in total. The van der Waals surface area contributed by atoms with Crippen LogP contribution in [0.25, 0.3) is 0 Å². The summed E-state index contributed by atoms with van der Waals surface area (Å²) in [6, 6.07) is 0. The van der Waals surface area contributed by atoms with Crippen molar-refractivity contribution < 1.29 is 24.2 Å². The summed E-state index contributed by atoms with van der Waals surface area (Å²) in [7, 11) is 0. The van der Waals surface area contributed by atoms with Gasteiger partial charge < -0.3 is 14.6 Å². The Hall–Kier alpha value is -2.92. The van der Waals surface area contributed by atoms with Crippen molar-refractivity contribution in [3.05, 3.63) is 85.1 Å². The highest BCUT2D eigenvalue weighted by Crippen LogP contribution is 2.10. The van der Waals surface area contributed by atoms with E-state index in [0.717, 1.165) is 109 Å². The number of aliphatic hydroxyl groups is 1. The van der Waals surface area contributed by atoms with Gasteiger partial charge in [0.15, 0.2) is 6.10 Å². The molecule has 0 aromatic rings. The van der Waals surface area contributed by atoms with E-state index in [1.54, 1.807) is 0 Å². The Bertz CT molecular complexity index is 906. The first-order chi connectivity index (χ1) is 22.6. The molecule has 0 saturated carbocycles. The minimum atomic E-state index is -0.795. The molecule has 0 rings (SSSR count). The van der Waals surface area contributed by atoms with E-state index in [1.165, 1.54) is 6.42 Å². The first-order valence-electron chi connectivity index (χ1n) is 18.1. The molecule has 5 heteroatoms. The summed E-state index contributed by atoms with van der Waals surface area (Å²) in [6.07, 6.45) is 49.2. The lowest BCUT2D eigenvalue weighted by Crippen LogP contribution is -2.28. The average molecular weight is 639 g/mol. The molecule has 0 aromatic heterocycles. The van der Waals surface area contributed by atoms with Crippen LogP contribution < -0.4 is 0 Å². The van der Waals surface area contributed by atoms with E-state index in [1.807, 2.05) is 0 Å². The van der Waals surface area contributed by atoms with Crippen molar-refractivity contribution in [3.63, 3.8) is 0 Å². The van der Waals surface area contributed by atoms with E-state index in [0.29, 0.717) is 12.8 Å². The van der Waals surface area contributed by atoms with Crippen molar-refractivity contribution >= 4 is 11.9 Å². The third-order valence-electron chi connectivity index (χ3n) is 7.18. The van der Waals surface area contributed by atoms with Gasteiger partial charge in [0.1, 0.15) is 6.61 Å². The third-order valence-corrected chi connectivity index (χ3v) is 7.18. The van der Waals surface area contributed by atoms with Crippen LogP contribution in [-0.2, 0) is 19.1 Å².